The van der Waals surface area contributed by atoms with Crippen molar-refractivity contribution in [3.8, 4) is 0 Å². The number of hydrogen-bond acceptors (Lipinski definition) is 3. The second-order valence-electron chi connectivity index (χ2n) is 4.73. The van der Waals surface area contributed by atoms with Crippen molar-refractivity contribution in [2.24, 2.45) is 0 Å². The van der Waals surface area contributed by atoms with Gasteiger partial charge in [-0.05, 0) is 30.4 Å². The molecule has 1 atom stereocenters. The van der Waals surface area contributed by atoms with Gasteiger partial charge in [0.15, 0.2) is 0 Å². The molecule has 0 saturated carbocycles. The molecule has 1 aliphatic rings. The van der Waals surface area contributed by atoms with Crippen molar-refractivity contribution in [1.29, 1.82) is 0 Å². The van der Waals surface area contributed by atoms with Crippen LogP contribution in [0, 0.1) is 0 Å². The van der Waals surface area contributed by atoms with Crippen LogP contribution < -0.4 is 16.2 Å². The summed E-state index contributed by atoms with van der Waals surface area (Å²) in [4.78, 5) is 26.4. The Hall–Kier alpha value is -2.30. The van der Waals surface area contributed by atoms with Crippen LogP contribution in [0.3, 0.4) is 0 Å². The molecule has 1 aliphatic heterocycles. The van der Waals surface area contributed by atoms with E-state index in [0.717, 1.165) is 24.8 Å². The van der Waals surface area contributed by atoms with Gasteiger partial charge in [0.1, 0.15) is 11.9 Å². The Kier molecular flexibility index (Phi) is 2.95. The highest BCUT2D eigenvalue weighted by Crippen LogP contribution is 2.15. The minimum Gasteiger partial charge on any atom is -0.360 e. The summed E-state index contributed by atoms with van der Waals surface area (Å²) in [5, 5.41) is 7.43. The van der Waals surface area contributed by atoms with Gasteiger partial charge in [-0.25, -0.2) is 0 Å². The van der Waals surface area contributed by atoms with Gasteiger partial charge in [0.2, 0.25) is 5.91 Å². The van der Waals surface area contributed by atoms with Gasteiger partial charge in [0.25, 0.3) is 5.56 Å². The van der Waals surface area contributed by atoms with Crippen molar-refractivity contribution in [1.82, 2.24) is 10.3 Å². The number of nitrogens with one attached hydrogen (secondary N) is 3. The average Bonchev–Trinajstić information content (AvgIpc) is 2.42. The third kappa shape index (κ3) is 2.31. The van der Waals surface area contributed by atoms with Crippen LogP contribution in [0.15, 0.2) is 35.1 Å². The van der Waals surface area contributed by atoms with Crippen LogP contribution in [0.25, 0.3) is 10.8 Å². The molecule has 3 rings (SSSR count). The van der Waals surface area contributed by atoms with Crippen LogP contribution in [0.5, 0.6) is 0 Å². The minimum absolute atomic E-state index is 0.0137. The zero-order valence-electron chi connectivity index (χ0n) is 10.4. The van der Waals surface area contributed by atoms with Crippen molar-refractivity contribution in [2.45, 2.75) is 18.9 Å². The summed E-state index contributed by atoms with van der Waals surface area (Å²) >= 11 is 0. The van der Waals surface area contributed by atoms with E-state index in [0.29, 0.717) is 11.2 Å². The molecule has 5 nitrogen and oxygen atoms in total. The number of piperidine rings is 1. The monoisotopic (exact) mass is 257 g/mol. The number of aromatic amines is 1. The molecule has 0 spiro atoms. The largest absolute Gasteiger partial charge is 0.360 e. The smallest absolute Gasteiger partial charge is 0.257 e. The first kappa shape index (κ1) is 11.8. The lowest BCUT2D eigenvalue weighted by molar-refractivity contribution is -0.123. The van der Waals surface area contributed by atoms with Crippen molar-refractivity contribution in [3.05, 3.63) is 40.7 Å². The molecule has 1 fully saturated rings. The molecule has 1 amide bonds. The molecule has 2 aromatic rings. The standard InChI is InChI=1S/C14H15N3O2/c18-13-10-5-2-1-4-9(10)8-12(17-13)16-11-6-3-7-15-14(11)19/h1-2,4-5,8,11H,3,6-7H2,(H,15,19)(H2,16,17,18). The number of amides is 1. The van der Waals surface area contributed by atoms with E-state index in [1.807, 2.05) is 24.3 Å². The zero-order chi connectivity index (χ0) is 13.2. The van der Waals surface area contributed by atoms with Crippen LogP contribution in [-0.4, -0.2) is 23.5 Å². The molecule has 2 heterocycles. The molecule has 19 heavy (non-hydrogen) atoms. The molecule has 98 valence electrons. The maximum atomic E-state index is 11.9. The second kappa shape index (κ2) is 4.76. The van der Waals surface area contributed by atoms with Gasteiger partial charge >= 0.3 is 0 Å². The summed E-state index contributed by atoms with van der Waals surface area (Å²) < 4.78 is 0. The normalized spacial score (nSPS) is 19.2. The van der Waals surface area contributed by atoms with Gasteiger partial charge in [-0.1, -0.05) is 18.2 Å². The lowest BCUT2D eigenvalue weighted by atomic mass is 10.1. The van der Waals surface area contributed by atoms with E-state index >= 15 is 0 Å². The summed E-state index contributed by atoms with van der Waals surface area (Å²) in [6.07, 6.45) is 1.72. The van der Waals surface area contributed by atoms with Crippen LogP contribution >= 0.6 is 0 Å². The molecule has 1 unspecified atom stereocenters. The molecular weight excluding hydrogens is 242 g/mol. The fourth-order valence-electron chi connectivity index (χ4n) is 2.39. The van der Waals surface area contributed by atoms with Crippen LogP contribution in [0.2, 0.25) is 0 Å². The number of aromatic nitrogens is 1. The topological polar surface area (TPSA) is 74.0 Å². The lowest BCUT2D eigenvalue weighted by Gasteiger charge is -2.23. The van der Waals surface area contributed by atoms with Gasteiger partial charge in [0.05, 0.1) is 0 Å². The van der Waals surface area contributed by atoms with Gasteiger partial charge in [-0.15, -0.1) is 0 Å². The Balaban J connectivity index is 1.93. The molecule has 1 aromatic heterocycles. The highest BCUT2D eigenvalue weighted by atomic mass is 16.2. The van der Waals surface area contributed by atoms with Crippen LogP contribution in [-0.2, 0) is 4.79 Å². The SMILES string of the molecule is O=C1NCCCC1Nc1cc2ccccc2c(=O)[nH]1. The highest BCUT2D eigenvalue weighted by Gasteiger charge is 2.21. The first-order chi connectivity index (χ1) is 9.24. The summed E-state index contributed by atoms with van der Waals surface area (Å²) in [7, 11) is 0. The van der Waals surface area contributed by atoms with Gasteiger partial charge in [-0.3, -0.25) is 9.59 Å². The fraction of sp³-hybridized carbons (Fsp3) is 0.286. The van der Waals surface area contributed by atoms with Crippen LogP contribution in [0.4, 0.5) is 5.82 Å². The van der Waals surface area contributed by atoms with E-state index in [9.17, 15) is 9.59 Å². The van der Waals surface area contributed by atoms with Gasteiger partial charge in [-0.2, -0.15) is 0 Å². The van der Waals surface area contributed by atoms with Gasteiger partial charge in [0, 0.05) is 11.9 Å². The van der Waals surface area contributed by atoms with Crippen LogP contribution in [0.1, 0.15) is 12.8 Å². The third-order valence-electron chi connectivity index (χ3n) is 3.37. The molecule has 3 N–H and O–H groups in total. The first-order valence-corrected chi connectivity index (χ1v) is 6.40. The molecule has 5 heteroatoms. The average molecular weight is 257 g/mol. The Bertz CT molecular complexity index is 678. The lowest BCUT2D eigenvalue weighted by Crippen LogP contribution is -2.44. The number of carbonyl (C=O) groups excluding carboxylic acids is 1. The minimum atomic E-state index is -0.273. The quantitative estimate of drug-likeness (QED) is 0.757. The number of hydrogen-bond donors (Lipinski definition) is 3. The Morgan fingerprint density at radius 2 is 2.05 bits per heavy atom. The molecule has 0 radical (unpaired) electrons. The molecule has 0 bridgehead atoms. The summed E-state index contributed by atoms with van der Waals surface area (Å²) in [5.41, 5.74) is -0.142. The number of anilines is 1. The van der Waals surface area contributed by atoms with Crippen molar-refractivity contribution < 1.29 is 4.79 Å². The number of carbonyl (C=O) groups is 1. The fourth-order valence-corrected chi connectivity index (χ4v) is 2.39. The zero-order valence-corrected chi connectivity index (χ0v) is 10.4. The number of rotatable bonds is 2. The van der Waals surface area contributed by atoms with E-state index in [2.05, 4.69) is 15.6 Å². The van der Waals surface area contributed by atoms with E-state index in [1.54, 1.807) is 6.07 Å². The maximum absolute atomic E-state index is 11.9. The number of benzene rings is 1. The van der Waals surface area contributed by atoms with Crippen molar-refractivity contribution in [2.75, 3.05) is 11.9 Å². The summed E-state index contributed by atoms with van der Waals surface area (Å²) in [5.74, 6) is 0.575. The Morgan fingerprint density at radius 1 is 1.21 bits per heavy atom. The second-order valence-corrected chi connectivity index (χ2v) is 4.73. The highest BCUT2D eigenvalue weighted by molar-refractivity contribution is 5.87. The molecule has 0 aliphatic carbocycles. The van der Waals surface area contributed by atoms with E-state index in [4.69, 9.17) is 0 Å². The first-order valence-electron chi connectivity index (χ1n) is 6.40. The summed E-state index contributed by atoms with van der Waals surface area (Å²) in [6, 6.07) is 8.98. The van der Waals surface area contributed by atoms with Crippen molar-refractivity contribution in [3.63, 3.8) is 0 Å². The van der Waals surface area contributed by atoms with E-state index in [1.165, 1.54) is 0 Å². The Labute approximate surface area is 110 Å². The Morgan fingerprint density at radius 3 is 2.89 bits per heavy atom. The maximum Gasteiger partial charge on any atom is 0.257 e. The third-order valence-corrected chi connectivity index (χ3v) is 3.37. The van der Waals surface area contributed by atoms with Gasteiger partial charge < -0.3 is 15.6 Å². The predicted molar refractivity (Wildman–Crippen MR) is 74.2 cm³/mol. The van der Waals surface area contributed by atoms with E-state index < -0.39 is 0 Å². The number of pyridine rings is 1. The summed E-state index contributed by atoms with van der Waals surface area (Å²) in [6.45, 7) is 0.727. The number of H-pyrrole nitrogens is 1. The number of fused-ring (bicyclic) bond motifs is 1. The molecular formula is C14H15N3O2. The van der Waals surface area contributed by atoms with E-state index in [-0.39, 0.29) is 17.5 Å². The predicted octanol–water partition coefficient (Wildman–Crippen LogP) is 1.22. The molecule has 1 aromatic carbocycles. The van der Waals surface area contributed by atoms with Crippen molar-refractivity contribution >= 4 is 22.5 Å². The molecule has 1 saturated heterocycles.